The van der Waals surface area contributed by atoms with E-state index in [1.807, 2.05) is 31.2 Å². The first-order chi connectivity index (χ1) is 8.20. The summed E-state index contributed by atoms with van der Waals surface area (Å²) < 4.78 is 5.46. The number of nitrogens with one attached hydrogen (secondary N) is 1. The van der Waals surface area contributed by atoms with Gasteiger partial charge in [0.25, 0.3) is 5.91 Å². The molecule has 0 fully saturated rings. The van der Waals surface area contributed by atoms with Crippen LogP contribution in [0.4, 0.5) is 0 Å². The molecule has 2 aromatic rings. The molecule has 1 amide bonds. The zero-order valence-corrected chi connectivity index (χ0v) is 10.3. The molecule has 0 aliphatic carbocycles. The minimum Gasteiger partial charge on any atom is -0.451 e. The van der Waals surface area contributed by atoms with Gasteiger partial charge in [0.1, 0.15) is 5.58 Å². The zero-order chi connectivity index (χ0) is 12.3. The van der Waals surface area contributed by atoms with Gasteiger partial charge in [-0.1, -0.05) is 18.2 Å². The van der Waals surface area contributed by atoms with E-state index in [0.717, 1.165) is 17.4 Å². The van der Waals surface area contributed by atoms with Crippen molar-refractivity contribution in [3.05, 3.63) is 36.1 Å². The average molecular weight is 252 g/mol. The van der Waals surface area contributed by atoms with Gasteiger partial charge in [-0.15, -0.1) is 11.6 Å². The van der Waals surface area contributed by atoms with Crippen molar-refractivity contribution in [3.63, 3.8) is 0 Å². The third-order valence-electron chi connectivity index (χ3n) is 2.57. The van der Waals surface area contributed by atoms with Crippen LogP contribution in [-0.2, 0) is 0 Å². The summed E-state index contributed by atoms with van der Waals surface area (Å²) in [6.45, 7) is 1.92. The summed E-state index contributed by atoms with van der Waals surface area (Å²) >= 11 is 5.62. The summed E-state index contributed by atoms with van der Waals surface area (Å²) in [6, 6.07) is 9.34. The molecule has 90 valence electrons. The molecule has 0 spiro atoms. The quantitative estimate of drug-likeness (QED) is 0.848. The molecule has 2 rings (SSSR count). The SMILES string of the molecule is CC(CCCl)NC(=O)c1cc2ccccc2o1. The monoisotopic (exact) mass is 251 g/mol. The van der Waals surface area contributed by atoms with Crippen molar-refractivity contribution < 1.29 is 9.21 Å². The molecule has 1 aromatic carbocycles. The first-order valence-corrected chi connectivity index (χ1v) is 6.09. The number of hydrogen-bond donors (Lipinski definition) is 1. The van der Waals surface area contributed by atoms with Gasteiger partial charge in [0.2, 0.25) is 0 Å². The van der Waals surface area contributed by atoms with Gasteiger partial charge in [-0.3, -0.25) is 4.79 Å². The highest BCUT2D eigenvalue weighted by Gasteiger charge is 2.13. The fourth-order valence-corrected chi connectivity index (χ4v) is 1.95. The molecule has 0 aliphatic rings. The van der Waals surface area contributed by atoms with Crippen molar-refractivity contribution in [3.8, 4) is 0 Å². The van der Waals surface area contributed by atoms with Gasteiger partial charge in [-0.2, -0.15) is 0 Å². The predicted molar refractivity (Wildman–Crippen MR) is 68.5 cm³/mol. The van der Waals surface area contributed by atoms with E-state index < -0.39 is 0 Å². The Morgan fingerprint density at radius 3 is 2.94 bits per heavy atom. The lowest BCUT2D eigenvalue weighted by molar-refractivity contribution is 0.0913. The van der Waals surface area contributed by atoms with E-state index in [9.17, 15) is 4.79 Å². The Labute approximate surface area is 105 Å². The fourth-order valence-electron chi connectivity index (χ4n) is 1.62. The Morgan fingerprint density at radius 1 is 1.47 bits per heavy atom. The molecule has 1 heterocycles. The van der Waals surface area contributed by atoms with Crippen LogP contribution in [0.3, 0.4) is 0 Å². The summed E-state index contributed by atoms with van der Waals surface area (Å²) in [5, 5.41) is 3.77. The average Bonchev–Trinajstić information content (AvgIpc) is 2.72. The normalized spacial score (nSPS) is 12.6. The largest absolute Gasteiger partial charge is 0.451 e. The van der Waals surface area contributed by atoms with Crippen LogP contribution in [0.5, 0.6) is 0 Å². The molecule has 1 atom stereocenters. The Balaban J connectivity index is 2.13. The molecular formula is C13H14ClNO2. The molecule has 4 heteroatoms. The molecule has 0 aliphatic heterocycles. The molecule has 0 bridgehead atoms. The molecule has 0 saturated carbocycles. The lowest BCUT2D eigenvalue weighted by Crippen LogP contribution is -2.32. The van der Waals surface area contributed by atoms with Crippen LogP contribution in [0.25, 0.3) is 11.0 Å². The maximum atomic E-state index is 11.9. The minimum atomic E-state index is -0.196. The van der Waals surface area contributed by atoms with E-state index in [4.69, 9.17) is 16.0 Å². The van der Waals surface area contributed by atoms with Crippen LogP contribution in [-0.4, -0.2) is 17.8 Å². The zero-order valence-electron chi connectivity index (χ0n) is 9.57. The summed E-state index contributed by atoms with van der Waals surface area (Å²) in [5.74, 6) is 0.674. The third-order valence-corrected chi connectivity index (χ3v) is 2.79. The molecule has 1 N–H and O–H groups in total. The van der Waals surface area contributed by atoms with Crippen LogP contribution in [0.2, 0.25) is 0 Å². The molecule has 1 unspecified atom stereocenters. The van der Waals surface area contributed by atoms with Crippen molar-refractivity contribution >= 4 is 28.5 Å². The van der Waals surface area contributed by atoms with E-state index in [2.05, 4.69) is 5.32 Å². The van der Waals surface area contributed by atoms with E-state index in [-0.39, 0.29) is 11.9 Å². The number of alkyl halides is 1. The topological polar surface area (TPSA) is 42.2 Å². The lowest BCUT2D eigenvalue weighted by Gasteiger charge is -2.10. The van der Waals surface area contributed by atoms with Crippen LogP contribution < -0.4 is 5.32 Å². The number of halogens is 1. The Kier molecular flexibility index (Phi) is 3.69. The fraction of sp³-hybridized carbons (Fsp3) is 0.308. The Bertz CT molecular complexity index is 488. The number of para-hydroxylation sites is 1. The van der Waals surface area contributed by atoms with Crippen LogP contribution in [0.1, 0.15) is 23.9 Å². The van der Waals surface area contributed by atoms with Crippen molar-refractivity contribution in [2.75, 3.05) is 5.88 Å². The van der Waals surface area contributed by atoms with Crippen molar-refractivity contribution in [2.45, 2.75) is 19.4 Å². The molecule has 1 aromatic heterocycles. The predicted octanol–water partition coefficient (Wildman–Crippen LogP) is 3.18. The summed E-state index contributed by atoms with van der Waals surface area (Å²) in [5.41, 5.74) is 0.725. The van der Waals surface area contributed by atoms with E-state index in [0.29, 0.717) is 11.6 Å². The third kappa shape index (κ3) is 2.80. The summed E-state index contributed by atoms with van der Waals surface area (Å²) in [7, 11) is 0. The molecule has 3 nitrogen and oxygen atoms in total. The van der Waals surface area contributed by atoms with E-state index in [1.165, 1.54) is 0 Å². The highest BCUT2D eigenvalue weighted by Crippen LogP contribution is 2.18. The van der Waals surface area contributed by atoms with Gasteiger partial charge in [-0.25, -0.2) is 0 Å². The van der Waals surface area contributed by atoms with Crippen LogP contribution in [0.15, 0.2) is 34.7 Å². The van der Waals surface area contributed by atoms with Crippen molar-refractivity contribution in [1.82, 2.24) is 5.32 Å². The van der Waals surface area contributed by atoms with Gasteiger partial charge in [0.05, 0.1) is 0 Å². The van der Waals surface area contributed by atoms with Gasteiger partial charge < -0.3 is 9.73 Å². The number of benzene rings is 1. The first kappa shape index (κ1) is 12.0. The first-order valence-electron chi connectivity index (χ1n) is 5.56. The summed E-state index contributed by atoms with van der Waals surface area (Å²) in [4.78, 5) is 11.9. The van der Waals surface area contributed by atoms with Crippen molar-refractivity contribution in [2.24, 2.45) is 0 Å². The number of rotatable bonds is 4. The number of carbonyl (C=O) groups is 1. The van der Waals surface area contributed by atoms with E-state index in [1.54, 1.807) is 6.07 Å². The van der Waals surface area contributed by atoms with Crippen LogP contribution in [0, 0.1) is 0 Å². The van der Waals surface area contributed by atoms with Gasteiger partial charge in [0, 0.05) is 17.3 Å². The smallest absolute Gasteiger partial charge is 0.287 e. The molecule has 0 saturated heterocycles. The second kappa shape index (κ2) is 5.23. The molecule has 0 radical (unpaired) electrons. The number of furan rings is 1. The Hall–Kier alpha value is -1.48. The van der Waals surface area contributed by atoms with E-state index >= 15 is 0 Å². The highest BCUT2D eigenvalue weighted by atomic mass is 35.5. The lowest BCUT2D eigenvalue weighted by atomic mass is 10.2. The molecular weight excluding hydrogens is 238 g/mol. The summed E-state index contributed by atoms with van der Waals surface area (Å²) in [6.07, 6.45) is 0.744. The van der Waals surface area contributed by atoms with Gasteiger partial charge in [0.15, 0.2) is 5.76 Å². The number of fused-ring (bicyclic) bond motifs is 1. The van der Waals surface area contributed by atoms with Crippen LogP contribution >= 0.6 is 11.6 Å². The number of carbonyl (C=O) groups excluding carboxylic acids is 1. The standard InChI is InChI=1S/C13H14ClNO2/c1-9(6-7-14)15-13(16)12-8-10-4-2-3-5-11(10)17-12/h2-5,8-9H,6-7H2,1H3,(H,15,16). The second-order valence-electron chi connectivity index (χ2n) is 4.00. The maximum absolute atomic E-state index is 11.9. The Morgan fingerprint density at radius 2 is 2.24 bits per heavy atom. The highest BCUT2D eigenvalue weighted by molar-refractivity contribution is 6.17. The maximum Gasteiger partial charge on any atom is 0.287 e. The number of hydrogen-bond acceptors (Lipinski definition) is 2. The molecule has 17 heavy (non-hydrogen) atoms. The number of amides is 1. The second-order valence-corrected chi connectivity index (χ2v) is 4.38. The van der Waals surface area contributed by atoms with Gasteiger partial charge >= 0.3 is 0 Å². The minimum absolute atomic E-state index is 0.0493. The van der Waals surface area contributed by atoms with Crippen molar-refractivity contribution in [1.29, 1.82) is 0 Å². The van der Waals surface area contributed by atoms with Gasteiger partial charge in [-0.05, 0) is 25.5 Å².